The van der Waals surface area contributed by atoms with E-state index >= 15 is 0 Å². The zero-order valence-corrected chi connectivity index (χ0v) is 8.49. The Labute approximate surface area is 84.2 Å². The van der Waals surface area contributed by atoms with Crippen molar-refractivity contribution in [3.05, 3.63) is 41.5 Å². The van der Waals surface area contributed by atoms with Gasteiger partial charge >= 0.3 is 5.97 Å². The highest BCUT2D eigenvalue weighted by molar-refractivity contribution is 5.87. The summed E-state index contributed by atoms with van der Waals surface area (Å²) in [5.41, 5.74) is 2.19. The first kappa shape index (κ1) is 10.5. The van der Waals surface area contributed by atoms with Gasteiger partial charge in [-0.2, -0.15) is 0 Å². The van der Waals surface area contributed by atoms with E-state index in [0.29, 0.717) is 6.61 Å². The molecule has 0 saturated carbocycles. The van der Waals surface area contributed by atoms with Gasteiger partial charge in [0, 0.05) is 6.08 Å². The Bertz CT molecular complexity index is 340. The molecule has 0 radical (unpaired) electrons. The fourth-order valence-corrected chi connectivity index (χ4v) is 1.12. The Morgan fingerprint density at radius 3 is 2.79 bits per heavy atom. The highest BCUT2D eigenvalue weighted by atomic mass is 16.5. The molecule has 1 aromatic rings. The van der Waals surface area contributed by atoms with E-state index in [1.165, 1.54) is 6.08 Å². The lowest BCUT2D eigenvalue weighted by atomic mass is 10.1. The van der Waals surface area contributed by atoms with Crippen LogP contribution in [0.5, 0.6) is 0 Å². The molecule has 0 aliphatic heterocycles. The average Bonchev–Trinajstić information content (AvgIpc) is 2.17. The maximum absolute atomic E-state index is 11.0. The van der Waals surface area contributed by atoms with Crippen LogP contribution in [0.1, 0.15) is 18.1 Å². The van der Waals surface area contributed by atoms with Gasteiger partial charge < -0.3 is 4.74 Å². The van der Waals surface area contributed by atoms with Crippen LogP contribution in [0.15, 0.2) is 30.3 Å². The van der Waals surface area contributed by atoms with Gasteiger partial charge in [0.25, 0.3) is 0 Å². The normalized spacial score (nSPS) is 10.4. The molecule has 0 saturated heterocycles. The third kappa shape index (κ3) is 3.05. The molecule has 0 aliphatic rings. The van der Waals surface area contributed by atoms with Crippen LogP contribution in [0.25, 0.3) is 6.08 Å². The molecule has 1 rings (SSSR count). The van der Waals surface area contributed by atoms with Crippen molar-refractivity contribution < 1.29 is 9.53 Å². The lowest BCUT2D eigenvalue weighted by Crippen LogP contribution is -1.98. The van der Waals surface area contributed by atoms with Gasteiger partial charge in [0.2, 0.25) is 0 Å². The molecule has 0 amide bonds. The molecule has 0 heterocycles. The molecule has 0 aliphatic carbocycles. The fourth-order valence-electron chi connectivity index (χ4n) is 1.12. The fraction of sp³-hybridized carbons (Fsp3) is 0.250. The van der Waals surface area contributed by atoms with E-state index < -0.39 is 0 Å². The maximum Gasteiger partial charge on any atom is 0.330 e. The number of benzene rings is 1. The topological polar surface area (TPSA) is 26.3 Å². The second-order valence-corrected chi connectivity index (χ2v) is 2.94. The van der Waals surface area contributed by atoms with Gasteiger partial charge in [-0.05, 0) is 31.1 Å². The van der Waals surface area contributed by atoms with E-state index in [4.69, 9.17) is 4.74 Å². The summed E-state index contributed by atoms with van der Waals surface area (Å²) in [6.45, 7) is 4.21. The molecule has 2 nitrogen and oxygen atoms in total. The maximum atomic E-state index is 11.0. The quantitative estimate of drug-likeness (QED) is 0.541. The van der Waals surface area contributed by atoms with Gasteiger partial charge in [0.15, 0.2) is 0 Å². The van der Waals surface area contributed by atoms with Gasteiger partial charge in [0.1, 0.15) is 0 Å². The molecule has 74 valence electrons. The Morgan fingerprint density at radius 1 is 1.43 bits per heavy atom. The number of carbonyl (C=O) groups is 1. The Kier molecular flexibility index (Phi) is 3.92. The van der Waals surface area contributed by atoms with Crippen LogP contribution in [0, 0.1) is 6.92 Å². The molecular weight excluding hydrogens is 176 g/mol. The first-order valence-electron chi connectivity index (χ1n) is 4.64. The Morgan fingerprint density at radius 2 is 2.14 bits per heavy atom. The van der Waals surface area contributed by atoms with Crippen molar-refractivity contribution in [3.8, 4) is 0 Å². The summed E-state index contributed by atoms with van der Waals surface area (Å²) >= 11 is 0. The van der Waals surface area contributed by atoms with Crippen molar-refractivity contribution in [3.63, 3.8) is 0 Å². The molecule has 1 aromatic carbocycles. The summed E-state index contributed by atoms with van der Waals surface area (Å²) in [7, 11) is 0. The first-order chi connectivity index (χ1) is 6.74. The van der Waals surface area contributed by atoms with Crippen LogP contribution in [0.2, 0.25) is 0 Å². The molecule has 14 heavy (non-hydrogen) atoms. The summed E-state index contributed by atoms with van der Waals surface area (Å²) in [4.78, 5) is 11.0. The largest absolute Gasteiger partial charge is 0.463 e. The molecule has 0 fully saturated rings. The molecule has 2 heteroatoms. The smallest absolute Gasteiger partial charge is 0.330 e. The molecule has 0 atom stereocenters. The number of aryl methyl sites for hydroxylation is 1. The predicted octanol–water partition coefficient (Wildman–Crippen LogP) is 2.57. The number of hydrogen-bond donors (Lipinski definition) is 0. The van der Waals surface area contributed by atoms with E-state index in [0.717, 1.165) is 11.1 Å². The number of rotatable bonds is 3. The Balaban J connectivity index is 2.69. The number of esters is 1. The molecule has 0 N–H and O–H groups in total. The summed E-state index contributed by atoms with van der Waals surface area (Å²) in [6.07, 6.45) is 3.22. The van der Waals surface area contributed by atoms with Crippen molar-refractivity contribution >= 4 is 12.0 Å². The van der Waals surface area contributed by atoms with Crippen molar-refractivity contribution in [1.82, 2.24) is 0 Å². The summed E-state index contributed by atoms with van der Waals surface area (Å²) in [6, 6.07) is 7.88. The summed E-state index contributed by atoms with van der Waals surface area (Å²) < 4.78 is 4.78. The lowest BCUT2D eigenvalue weighted by molar-refractivity contribution is -0.137. The van der Waals surface area contributed by atoms with Gasteiger partial charge in [-0.3, -0.25) is 0 Å². The zero-order valence-electron chi connectivity index (χ0n) is 8.49. The van der Waals surface area contributed by atoms with Crippen molar-refractivity contribution in [1.29, 1.82) is 0 Å². The highest BCUT2D eigenvalue weighted by Gasteiger charge is 1.95. The van der Waals surface area contributed by atoms with E-state index in [1.54, 1.807) is 13.0 Å². The van der Waals surface area contributed by atoms with E-state index in [-0.39, 0.29) is 5.97 Å². The van der Waals surface area contributed by atoms with Crippen molar-refractivity contribution in [2.75, 3.05) is 6.61 Å². The number of hydrogen-bond acceptors (Lipinski definition) is 2. The van der Waals surface area contributed by atoms with E-state index in [1.807, 2.05) is 31.2 Å². The van der Waals surface area contributed by atoms with Crippen LogP contribution < -0.4 is 0 Å². The minimum Gasteiger partial charge on any atom is -0.463 e. The van der Waals surface area contributed by atoms with Crippen LogP contribution in [0.4, 0.5) is 0 Å². The van der Waals surface area contributed by atoms with Crippen molar-refractivity contribution in [2.45, 2.75) is 13.8 Å². The SMILES string of the molecule is CCOC(=O)/C=C\c1ccccc1C. The monoisotopic (exact) mass is 190 g/mol. The summed E-state index contributed by atoms with van der Waals surface area (Å²) in [5.74, 6) is -0.296. The van der Waals surface area contributed by atoms with Gasteiger partial charge in [-0.25, -0.2) is 4.79 Å². The predicted molar refractivity (Wildman–Crippen MR) is 56.8 cm³/mol. The summed E-state index contributed by atoms with van der Waals surface area (Å²) in [5, 5.41) is 0. The van der Waals surface area contributed by atoms with E-state index in [2.05, 4.69) is 0 Å². The minimum absolute atomic E-state index is 0.296. The first-order valence-corrected chi connectivity index (χ1v) is 4.64. The van der Waals surface area contributed by atoms with Gasteiger partial charge in [-0.15, -0.1) is 0 Å². The Hall–Kier alpha value is -1.57. The molecule has 0 unspecified atom stereocenters. The van der Waals surface area contributed by atoms with Crippen LogP contribution in [-0.2, 0) is 9.53 Å². The van der Waals surface area contributed by atoms with Gasteiger partial charge in [0.05, 0.1) is 6.61 Å². The molecule has 0 bridgehead atoms. The number of ether oxygens (including phenoxy) is 1. The third-order valence-electron chi connectivity index (χ3n) is 1.87. The zero-order chi connectivity index (χ0) is 10.4. The highest BCUT2D eigenvalue weighted by Crippen LogP contribution is 2.08. The van der Waals surface area contributed by atoms with E-state index in [9.17, 15) is 4.79 Å². The molecule has 0 aromatic heterocycles. The third-order valence-corrected chi connectivity index (χ3v) is 1.87. The minimum atomic E-state index is -0.296. The molecular formula is C12H14O2. The average molecular weight is 190 g/mol. The number of carbonyl (C=O) groups excluding carboxylic acids is 1. The second kappa shape index (κ2) is 5.22. The lowest BCUT2D eigenvalue weighted by Gasteiger charge is -1.98. The van der Waals surface area contributed by atoms with Gasteiger partial charge in [-0.1, -0.05) is 24.3 Å². The second-order valence-electron chi connectivity index (χ2n) is 2.94. The van der Waals surface area contributed by atoms with Crippen LogP contribution in [0.3, 0.4) is 0 Å². The van der Waals surface area contributed by atoms with Crippen LogP contribution >= 0.6 is 0 Å². The van der Waals surface area contributed by atoms with Crippen molar-refractivity contribution in [2.24, 2.45) is 0 Å². The standard InChI is InChI=1S/C12H14O2/c1-3-14-12(13)9-8-11-7-5-4-6-10(11)2/h4-9H,3H2,1-2H3/b9-8-. The van der Waals surface area contributed by atoms with Crippen LogP contribution in [-0.4, -0.2) is 12.6 Å². The molecule has 0 spiro atoms.